The van der Waals surface area contributed by atoms with E-state index in [1.807, 2.05) is 6.07 Å². The van der Waals surface area contributed by atoms with Gasteiger partial charge in [0.25, 0.3) is 0 Å². The SMILES string of the molecule is O=c1[nH]c2cccc(OCCNCCn3ccc4ccccc43)c2o1. The van der Waals surface area contributed by atoms with Crippen molar-refractivity contribution in [1.82, 2.24) is 14.9 Å². The number of para-hydroxylation sites is 2. The number of aromatic amines is 1. The summed E-state index contributed by atoms with van der Waals surface area (Å²) >= 11 is 0. The molecule has 6 nitrogen and oxygen atoms in total. The summed E-state index contributed by atoms with van der Waals surface area (Å²) in [6, 6.07) is 15.9. The number of H-pyrrole nitrogens is 1. The molecule has 0 fully saturated rings. The summed E-state index contributed by atoms with van der Waals surface area (Å²) in [7, 11) is 0. The highest BCUT2D eigenvalue weighted by molar-refractivity contribution is 5.80. The predicted octanol–water partition coefficient (Wildman–Crippen LogP) is 2.74. The van der Waals surface area contributed by atoms with Gasteiger partial charge in [0, 0.05) is 31.3 Å². The predicted molar refractivity (Wildman–Crippen MR) is 97.1 cm³/mol. The van der Waals surface area contributed by atoms with Gasteiger partial charge >= 0.3 is 5.76 Å². The lowest BCUT2D eigenvalue weighted by Gasteiger charge is -2.09. The zero-order valence-electron chi connectivity index (χ0n) is 13.7. The van der Waals surface area contributed by atoms with Crippen LogP contribution in [-0.4, -0.2) is 29.2 Å². The van der Waals surface area contributed by atoms with Crippen LogP contribution in [0.1, 0.15) is 0 Å². The van der Waals surface area contributed by atoms with E-state index in [9.17, 15) is 4.79 Å². The number of nitrogens with one attached hydrogen (secondary N) is 2. The van der Waals surface area contributed by atoms with E-state index < -0.39 is 5.76 Å². The lowest BCUT2D eigenvalue weighted by atomic mass is 10.2. The molecule has 0 atom stereocenters. The Hall–Kier alpha value is -2.99. The Labute approximate surface area is 144 Å². The molecule has 0 spiro atoms. The maximum atomic E-state index is 11.3. The monoisotopic (exact) mass is 337 g/mol. The normalized spacial score (nSPS) is 11.4. The van der Waals surface area contributed by atoms with Crippen molar-refractivity contribution in [3.8, 4) is 5.75 Å². The zero-order chi connectivity index (χ0) is 17.1. The van der Waals surface area contributed by atoms with Gasteiger partial charge in [-0.15, -0.1) is 0 Å². The molecule has 0 saturated heterocycles. The molecule has 0 aliphatic carbocycles. The van der Waals surface area contributed by atoms with Gasteiger partial charge in [0.15, 0.2) is 11.3 Å². The van der Waals surface area contributed by atoms with Crippen LogP contribution in [0.5, 0.6) is 5.75 Å². The molecule has 0 aliphatic rings. The number of rotatable bonds is 7. The Morgan fingerprint density at radius 2 is 2.00 bits per heavy atom. The molecular formula is C19H19N3O3. The molecular weight excluding hydrogens is 318 g/mol. The first-order valence-electron chi connectivity index (χ1n) is 8.30. The number of oxazole rings is 1. The number of hydrogen-bond donors (Lipinski definition) is 2. The summed E-state index contributed by atoms with van der Waals surface area (Å²) in [5.74, 6) is 0.108. The highest BCUT2D eigenvalue weighted by atomic mass is 16.5. The second-order valence-electron chi connectivity index (χ2n) is 5.81. The molecule has 0 radical (unpaired) electrons. The number of ether oxygens (including phenoxy) is 1. The van der Waals surface area contributed by atoms with Gasteiger partial charge in [0.05, 0.1) is 5.52 Å². The quantitative estimate of drug-likeness (QED) is 0.509. The molecule has 0 bridgehead atoms. The lowest BCUT2D eigenvalue weighted by molar-refractivity contribution is 0.311. The van der Waals surface area contributed by atoms with Crippen LogP contribution in [0.4, 0.5) is 0 Å². The molecule has 2 aromatic heterocycles. The van der Waals surface area contributed by atoms with E-state index >= 15 is 0 Å². The van der Waals surface area contributed by atoms with Gasteiger partial charge in [0.1, 0.15) is 6.61 Å². The molecule has 4 aromatic rings. The van der Waals surface area contributed by atoms with Crippen LogP contribution < -0.4 is 15.8 Å². The molecule has 6 heteroatoms. The third-order valence-corrected chi connectivity index (χ3v) is 4.16. The van der Waals surface area contributed by atoms with Crippen molar-refractivity contribution < 1.29 is 9.15 Å². The number of hydrogen-bond acceptors (Lipinski definition) is 4. The van der Waals surface area contributed by atoms with Crippen molar-refractivity contribution in [3.63, 3.8) is 0 Å². The van der Waals surface area contributed by atoms with Gasteiger partial charge in [-0.05, 0) is 29.7 Å². The van der Waals surface area contributed by atoms with Crippen LogP contribution in [0, 0.1) is 0 Å². The van der Waals surface area contributed by atoms with Crippen LogP contribution in [-0.2, 0) is 6.54 Å². The van der Waals surface area contributed by atoms with Crippen LogP contribution >= 0.6 is 0 Å². The van der Waals surface area contributed by atoms with E-state index in [2.05, 4.69) is 51.4 Å². The second kappa shape index (κ2) is 6.86. The summed E-state index contributed by atoms with van der Waals surface area (Å²) in [6.07, 6.45) is 2.11. The molecule has 2 aromatic carbocycles. The number of fused-ring (bicyclic) bond motifs is 2. The first-order valence-corrected chi connectivity index (χ1v) is 8.30. The van der Waals surface area contributed by atoms with Gasteiger partial charge in [-0.2, -0.15) is 0 Å². The van der Waals surface area contributed by atoms with E-state index in [0.717, 1.165) is 13.1 Å². The topological polar surface area (TPSA) is 72.2 Å². The maximum Gasteiger partial charge on any atom is 0.417 e. The lowest BCUT2D eigenvalue weighted by Crippen LogP contribution is -2.24. The molecule has 0 saturated carbocycles. The summed E-state index contributed by atoms with van der Waals surface area (Å²) in [4.78, 5) is 13.9. The van der Waals surface area contributed by atoms with E-state index in [-0.39, 0.29) is 0 Å². The van der Waals surface area contributed by atoms with Crippen molar-refractivity contribution in [3.05, 3.63) is 65.3 Å². The highest BCUT2D eigenvalue weighted by Crippen LogP contribution is 2.22. The summed E-state index contributed by atoms with van der Waals surface area (Å²) in [5, 5.41) is 4.62. The Balaban J connectivity index is 1.26. The highest BCUT2D eigenvalue weighted by Gasteiger charge is 2.07. The standard InChI is InChI=1S/C19H19N3O3/c23-19-21-15-5-3-7-17(18(15)25-19)24-13-10-20-9-12-22-11-8-14-4-1-2-6-16(14)22/h1-8,11,20H,9-10,12-13H2,(H,21,23). The van der Waals surface area contributed by atoms with Crippen molar-refractivity contribution in [2.75, 3.05) is 19.7 Å². The molecule has 2 N–H and O–H groups in total. The van der Waals surface area contributed by atoms with Crippen LogP contribution in [0.3, 0.4) is 0 Å². The fourth-order valence-corrected chi connectivity index (χ4v) is 2.95. The van der Waals surface area contributed by atoms with Crippen molar-refractivity contribution >= 4 is 22.0 Å². The maximum absolute atomic E-state index is 11.3. The van der Waals surface area contributed by atoms with E-state index in [1.165, 1.54) is 10.9 Å². The van der Waals surface area contributed by atoms with Gasteiger partial charge in [-0.1, -0.05) is 24.3 Å². The average molecular weight is 337 g/mol. The molecule has 4 rings (SSSR count). The minimum absolute atomic E-state index is 0.464. The van der Waals surface area contributed by atoms with Crippen LogP contribution in [0.25, 0.3) is 22.0 Å². The Morgan fingerprint density at radius 1 is 1.08 bits per heavy atom. The molecule has 0 aliphatic heterocycles. The Morgan fingerprint density at radius 3 is 2.96 bits per heavy atom. The van der Waals surface area contributed by atoms with Crippen molar-refractivity contribution in [2.24, 2.45) is 0 Å². The largest absolute Gasteiger partial charge is 0.488 e. The van der Waals surface area contributed by atoms with Crippen LogP contribution in [0.2, 0.25) is 0 Å². The zero-order valence-corrected chi connectivity index (χ0v) is 13.7. The number of aromatic nitrogens is 2. The number of benzene rings is 2. The van der Waals surface area contributed by atoms with Gasteiger partial charge < -0.3 is 19.0 Å². The minimum atomic E-state index is -0.469. The van der Waals surface area contributed by atoms with Gasteiger partial charge in [-0.25, -0.2) is 4.79 Å². The first-order chi connectivity index (χ1) is 12.3. The first kappa shape index (κ1) is 15.5. The molecule has 128 valence electrons. The third kappa shape index (κ3) is 3.29. The summed E-state index contributed by atoms with van der Waals surface area (Å²) in [5.41, 5.74) is 2.36. The fraction of sp³-hybridized carbons (Fsp3) is 0.211. The molecule has 2 heterocycles. The summed E-state index contributed by atoms with van der Waals surface area (Å²) < 4.78 is 13.1. The van der Waals surface area contributed by atoms with E-state index in [0.29, 0.717) is 30.0 Å². The summed E-state index contributed by atoms with van der Waals surface area (Å²) in [6.45, 7) is 2.96. The van der Waals surface area contributed by atoms with Gasteiger partial charge in [-0.3, -0.25) is 4.98 Å². The second-order valence-corrected chi connectivity index (χ2v) is 5.81. The fourth-order valence-electron chi connectivity index (χ4n) is 2.95. The molecule has 0 unspecified atom stereocenters. The van der Waals surface area contributed by atoms with E-state index in [1.54, 1.807) is 12.1 Å². The molecule has 0 amide bonds. The smallest absolute Gasteiger partial charge is 0.417 e. The molecule has 25 heavy (non-hydrogen) atoms. The third-order valence-electron chi connectivity index (χ3n) is 4.16. The Kier molecular flexibility index (Phi) is 4.26. The minimum Gasteiger partial charge on any atom is -0.488 e. The van der Waals surface area contributed by atoms with Crippen molar-refractivity contribution in [1.29, 1.82) is 0 Å². The average Bonchev–Trinajstić information content (AvgIpc) is 3.21. The number of nitrogens with zero attached hydrogens (tertiary/aromatic N) is 1. The van der Waals surface area contributed by atoms with Crippen LogP contribution in [0.15, 0.2) is 63.9 Å². The Bertz CT molecular complexity index is 1040. The van der Waals surface area contributed by atoms with E-state index in [4.69, 9.17) is 9.15 Å². The van der Waals surface area contributed by atoms with Gasteiger partial charge in [0.2, 0.25) is 0 Å². The van der Waals surface area contributed by atoms with Crippen molar-refractivity contribution in [2.45, 2.75) is 6.54 Å².